The van der Waals surface area contributed by atoms with E-state index in [-0.39, 0.29) is 24.8 Å². The van der Waals surface area contributed by atoms with Crippen molar-refractivity contribution in [3.05, 3.63) is 28.8 Å². The van der Waals surface area contributed by atoms with Crippen LogP contribution < -0.4 is 10.0 Å². The highest BCUT2D eigenvalue weighted by atomic mass is 32.2. The zero-order valence-electron chi connectivity index (χ0n) is 18.0. The zero-order chi connectivity index (χ0) is 21.9. The fourth-order valence-electron chi connectivity index (χ4n) is 3.97. The third-order valence-corrected chi connectivity index (χ3v) is 7.30. The Morgan fingerprint density at radius 1 is 1.03 bits per heavy atom. The number of nitrogens with one attached hydrogen (secondary N) is 2. The van der Waals surface area contributed by atoms with Gasteiger partial charge in [-0.1, -0.05) is 17.7 Å². The molecule has 1 saturated carbocycles. The third kappa shape index (κ3) is 6.02. The second-order valence-corrected chi connectivity index (χ2v) is 10.1. The lowest BCUT2D eigenvalue weighted by Gasteiger charge is -2.34. The summed E-state index contributed by atoms with van der Waals surface area (Å²) in [4.78, 5) is 28.5. The van der Waals surface area contributed by atoms with Crippen molar-refractivity contribution in [1.82, 2.24) is 19.8 Å². The zero-order valence-corrected chi connectivity index (χ0v) is 18.8. The van der Waals surface area contributed by atoms with Gasteiger partial charge in [-0.2, -0.15) is 0 Å². The van der Waals surface area contributed by atoms with E-state index in [2.05, 4.69) is 10.0 Å². The predicted octanol–water partition coefficient (Wildman–Crippen LogP) is 0.703. The van der Waals surface area contributed by atoms with Gasteiger partial charge in [0.2, 0.25) is 21.8 Å². The molecule has 2 amide bonds. The van der Waals surface area contributed by atoms with Crippen LogP contribution in [0.5, 0.6) is 0 Å². The highest BCUT2D eigenvalue weighted by Gasteiger charge is 2.26. The summed E-state index contributed by atoms with van der Waals surface area (Å²) in [6, 6.07) is 4.05. The third-order valence-electron chi connectivity index (χ3n) is 5.54. The number of hydrogen-bond acceptors (Lipinski definition) is 5. The number of hydrogen-bond donors (Lipinski definition) is 2. The first-order valence-corrected chi connectivity index (χ1v) is 12.0. The molecule has 1 heterocycles. The van der Waals surface area contributed by atoms with Crippen LogP contribution in [0.3, 0.4) is 0 Å². The van der Waals surface area contributed by atoms with E-state index in [4.69, 9.17) is 0 Å². The molecule has 0 aromatic heterocycles. The van der Waals surface area contributed by atoms with Crippen molar-refractivity contribution in [2.24, 2.45) is 0 Å². The maximum atomic E-state index is 12.7. The summed E-state index contributed by atoms with van der Waals surface area (Å²) in [6.45, 7) is 8.34. The van der Waals surface area contributed by atoms with Crippen LogP contribution in [0.4, 0.5) is 0 Å². The normalized spacial score (nSPS) is 17.8. The molecule has 9 heteroatoms. The van der Waals surface area contributed by atoms with E-state index in [1.165, 1.54) is 0 Å². The number of carbonyl (C=O) groups is 2. The molecular formula is C21H32N4O4S. The van der Waals surface area contributed by atoms with E-state index < -0.39 is 10.0 Å². The summed E-state index contributed by atoms with van der Waals surface area (Å²) in [5.74, 6) is -0.0227. The van der Waals surface area contributed by atoms with E-state index in [1.54, 1.807) is 18.7 Å². The molecule has 0 spiro atoms. The van der Waals surface area contributed by atoms with E-state index >= 15 is 0 Å². The number of sulfonamides is 1. The van der Waals surface area contributed by atoms with E-state index in [0.29, 0.717) is 54.8 Å². The number of piperazine rings is 1. The molecule has 2 aliphatic rings. The fourth-order valence-corrected chi connectivity index (χ4v) is 5.45. The first kappa shape index (κ1) is 22.7. The maximum absolute atomic E-state index is 12.7. The number of nitrogens with zero attached hydrogens (tertiary/aromatic N) is 2. The van der Waals surface area contributed by atoms with Crippen molar-refractivity contribution in [2.75, 3.05) is 39.3 Å². The highest BCUT2D eigenvalue weighted by Crippen LogP contribution is 2.21. The Morgan fingerprint density at radius 2 is 1.63 bits per heavy atom. The Balaban J connectivity index is 1.43. The summed E-state index contributed by atoms with van der Waals surface area (Å²) in [6.07, 6.45) is 2.26. The average Bonchev–Trinajstić information content (AvgIpc) is 3.44. The summed E-state index contributed by atoms with van der Waals surface area (Å²) >= 11 is 0. The molecule has 30 heavy (non-hydrogen) atoms. The largest absolute Gasteiger partial charge is 0.352 e. The molecular weight excluding hydrogens is 404 g/mol. The van der Waals surface area contributed by atoms with Gasteiger partial charge in [-0.05, 0) is 44.7 Å². The fraction of sp³-hybridized carbons (Fsp3) is 0.619. The quantitative estimate of drug-likeness (QED) is 0.625. The monoisotopic (exact) mass is 436 g/mol. The molecule has 1 aliphatic carbocycles. The maximum Gasteiger partial charge on any atom is 0.241 e. The minimum absolute atomic E-state index is 0.0494. The van der Waals surface area contributed by atoms with Gasteiger partial charge in [-0.3, -0.25) is 14.5 Å². The number of aryl methyl sites for hydroxylation is 3. The molecule has 2 fully saturated rings. The minimum atomic E-state index is -3.67. The van der Waals surface area contributed by atoms with Gasteiger partial charge in [-0.15, -0.1) is 0 Å². The molecule has 2 N–H and O–H groups in total. The smallest absolute Gasteiger partial charge is 0.241 e. The van der Waals surface area contributed by atoms with Gasteiger partial charge in [0.25, 0.3) is 0 Å². The molecule has 1 aliphatic heterocycles. The van der Waals surface area contributed by atoms with Gasteiger partial charge in [0, 0.05) is 45.2 Å². The van der Waals surface area contributed by atoms with Gasteiger partial charge in [0.15, 0.2) is 0 Å². The number of benzene rings is 1. The second kappa shape index (κ2) is 9.45. The van der Waals surface area contributed by atoms with E-state index in [9.17, 15) is 18.0 Å². The lowest BCUT2D eigenvalue weighted by molar-refractivity contribution is -0.133. The molecule has 1 saturated heterocycles. The number of rotatable bonds is 8. The first-order chi connectivity index (χ1) is 14.2. The van der Waals surface area contributed by atoms with Gasteiger partial charge < -0.3 is 10.2 Å². The van der Waals surface area contributed by atoms with Crippen molar-refractivity contribution < 1.29 is 18.0 Å². The molecule has 1 aromatic carbocycles. The van der Waals surface area contributed by atoms with Crippen LogP contribution in [0.1, 0.15) is 36.0 Å². The number of amides is 2. The standard InChI is InChI=1S/C21H32N4O4S/c1-15-12-16(2)21(17(3)13-15)30(28,29)22-7-6-20(27)25-10-8-24(9-11-25)14-19(26)23-18-4-5-18/h12-13,18,22H,4-11,14H2,1-3H3,(H,23,26). The van der Waals surface area contributed by atoms with Gasteiger partial charge in [0.05, 0.1) is 11.4 Å². The lowest BCUT2D eigenvalue weighted by atomic mass is 10.1. The second-order valence-electron chi connectivity index (χ2n) is 8.37. The van der Waals surface area contributed by atoms with Crippen LogP contribution in [0.15, 0.2) is 17.0 Å². The Hall–Kier alpha value is -1.97. The van der Waals surface area contributed by atoms with Crippen LogP contribution >= 0.6 is 0 Å². The summed E-state index contributed by atoms with van der Waals surface area (Å²) in [5.41, 5.74) is 2.42. The summed E-state index contributed by atoms with van der Waals surface area (Å²) in [7, 11) is -3.67. The van der Waals surface area contributed by atoms with Crippen LogP contribution in [0.2, 0.25) is 0 Å². The van der Waals surface area contributed by atoms with Crippen LogP contribution in [0, 0.1) is 20.8 Å². The van der Waals surface area contributed by atoms with Crippen LogP contribution in [0.25, 0.3) is 0 Å². The number of carbonyl (C=O) groups excluding carboxylic acids is 2. The minimum Gasteiger partial charge on any atom is -0.352 e. The van der Waals surface area contributed by atoms with Crippen molar-refractivity contribution >= 4 is 21.8 Å². The van der Waals surface area contributed by atoms with Crippen LogP contribution in [-0.2, 0) is 19.6 Å². The average molecular weight is 437 g/mol. The van der Waals surface area contributed by atoms with Crippen molar-refractivity contribution in [3.8, 4) is 0 Å². The van der Waals surface area contributed by atoms with Gasteiger partial charge in [0.1, 0.15) is 0 Å². The Kier molecular flexibility index (Phi) is 7.15. The van der Waals surface area contributed by atoms with Crippen LogP contribution in [-0.4, -0.2) is 75.3 Å². The molecule has 0 atom stereocenters. The molecule has 1 aromatic rings. The van der Waals surface area contributed by atoms with Gasteiger partial charge >= 0.3 is 0 Å². The van der Waals surface area contributed by atoms with Crippen molar-refractivity contribution in [1.29, 1.82) is 0 Å². The molecule has 3 rings (SSSR count). The highest BCUT2D eigenvalue weighted by molar-refractivity contribution is 7.89. The molecule has 166 valence electrons. The Morgan fingerprint density at radius 3 is 2.20 bits per heavy atom. The summed E-state index contributed by atoms with van der Waals surface area (Å²) < 4.78 is 27.9. The topological polar surface area (TPSA) is 98.8 Å². The first-order valence-electron chi connectivity index (χ1n) is 10.5. The Bertz CT molecular complexity index is 881. The molecule has 8 nitrogen and oxygen atoms in total. The van der Waals surface area contributed by atoms with Crippen molar-refractivity contribution in [3.63, 3.8) is 0 Å². The SMILES string of the molecule is Cc1cc(C)c(S(=O)(=O)NCCC(=O)N2CCN(CC(=O)NC3CC3)CC2)c(C)c1. The van der Waals surface area contributed by atoms with Crippen molar-refractivity contribution in [2.45, 2.75) is 51.0 Å². The molecule has 0 radical (unpaired) electrons. The summed E-state index contributed by atoms with van der Waals surface area (Å²) in [5, 5.41) is 2.98. The van der Waals surface area contributed by atoms with E-state index in [1.807, 2.05) is 24.0 Å². The molecule has 0 bridgehead atoms. The van der Waals surface area contributed by atoms with Gasteiger partial charge in [-0.25, -0.2) is 13.1 Å². The van der Waals surface area contributed by atoms with E-state index in [0.717, 1.165) is 18.4 Å². The molecule has 0 unspecified atom stereocenters. The predicted molar refractivity (Wildman–Crippen MR) is 115 cm³/mol. The lowest BCUT2D eigenvalue weighted by Crippen LogP contribution is -2.51. The Labute approximate surface area is 179 Å².